The average molecular weight is 223 g/mol. The van der Waals surface area contributed by atoms with Gasteiger partial charge in [-0.3, -0.25) is 0 Å². The Morgan fingerprint density at radius 3 is 2.75 bits per heavy atom. The van der Waals surface area contributed by atoms with Gasteiger partial charge in [0.05, 0.1) is 12.7 Å². The molecule has 1 atom stereocenters. The molecule has 0 bridgehead atoms. The van der Waals surface area contributed by atoms with Crippen molar-refractivity contribution in [3.63, 3.8) is 0 Å². The van der Waals surface area contributed by atoms with Crippen molar-refractivity contribution in [2.75, 3.05) is 25.1 Å². The molecule has 16 heavy (non-hydrogen) atoms. The Morgan fingerprint density at radius 2 is 2.12 bits per heavy atom. The van der Waals surface area contributed by atoms with Gasteiger partial charge in [-0.1, -0.05) is 17.7 Å². The largest absolute Gasteiger partial charge is 0.389 e. The molecule has 2 N–H and O–H groups in total. The first-order valence-corrected chi connectivity index (χ1v) is 5.70. The van der Waals surface area contributed by atoms with E-state index in [1.165, 1.54) is 11.1 Å². The van der Waals surface area contributed by atoms with Gasteiger partial charge in [0.1, 0.15) is 0 Å². The molecule has 3 heteroatoms. The van der Waals surface area contributed by atoms with E-state index >= 15 is 0 Å². The maximum Gasteiger partial charge on any atom is 0.0945 e. The lowest BCUT2D eigenvalue weighted by atomic mass is 10.1. The lowest BCUT2D eigenvalue weighted by Gasteiger charge is -2.14. The van der Waals surface area contributed by atoms with Gasteiger partial charge in [0.15, 0.2) is 0 Å². The second kappa shape index (κ2) is 6.51. The smallest absolute Gasteiger partial charge is 0.0945 e. The van der Waals surface area contributed by atoms with E-state index in [9.17, 15) is 5.11 Å². The first-order chi connectivity index (χ1) is 7.63. The van der Waals surface area contributed by atoms with Crippen LogP contribution < -0.4 is 5.32 Å². The summed E-state index contributed by atoms with van der Waals surface area (Å²) in [7, 11) is 0. The van der Waals surface area contributed by atoms with Crippen LogP contribution in [0.4, 0.5) is 5.69 Å². The fraction of sp³-hybridized carbons (Fsp3) is 0.538. The highest BCUT2D eigenvalue weighted by Crippen LogP contribution is 2.15. The van der Waals surface area contributed by atoms with Gasteiger partial charge in [-0.15, -0.1) is 0 Å². The van der Waals surface area contributed by atoms with Crippen LogP contribution in [-0.4, -0.2) is 31.0 Å². The van der Waals surface area contributed by atoms with Gasteiger partial charge in [-0.05, 0) is 32.4 Å². The normalized spacial score (nSPS) is 12.5. The highest BCUT2D eigenvalue weighted by Gasteiger charge is 2.04. The van der Waals surface area contributed by atoms with Crippen LogP contribution in [0.2, 0.25) is 0 Å². The summed E-state index contributed by atoms with van der Waals surface area (Å²) < 4.78 is 5.14. The van der Waals surface area contributed by atoms with Crippen molar-refractivity contribution in [3.05, 3.63) is 29.3 Å². The Morgan fingerprint density at radius 1 is 1.38 bits per heavy atom. The SMILES string of the molecule is CCOCC(O)CNc1ccc(C)cc1C. The molecule has 1 rings (SSSR count). The van der Waals surface area contributed by atoms with Gasteiger partial charge in [-0.25, -0.2) is 0 Å². The standard InChI is InChI=1S/C13H21NO2/c1-4-16-9-12(15)8-14-13-6-5-10(2)7-11(13)3/h5-7,12,14-15H,4,8-9H2,1-3H3. The number of benzene rings is 1. The highest BCUT2D eigenvalue weighted by atomic mass is 16.5. The number of rotatable bonds is 6. The molecule has 0 spiro atoms. The minimum Gasteiger partial charge on any atom is -0.389 e. The number of aliphatic hydroxyl groups excluding tert-OH is 1. The summed E-state index contributed by atoms with van der Waals surface area (Å²) >= 11 is 0. The summed E-state index contributed by atoms with van der Waals surface area (Å²) in [6.45, 7) is 7.59. The van der Waals surface area contributed by atoms with E-state index in [4.69, 9.17) is 4.74 Å². The number of anilines is 1. The number of hydrogen-bond acceptors (Lipinski definition) is 3. The number of ether oxygens (including phenoxy) is 1. The quantitative estimate of drug-likeness (QED) is 0.776. The van der Waals surface area contributed by atoms with Gasteiger partial charge in [0.25, 0.3) is 0 Å². The summed E-state index contributed by atoms with van der Waals surface area (Å²) in [4.78, 5) is 0. The zero-order chi connectivity index (χ0) is 12.0. The van der Waals surface area contributed by atoms with Crippen molar-refractivity contribution in [3.8, 4) is 0 Å². The Balaban J connectivity index is 2.42. The van der Waals surface area contributed by atoms with Crippen molar-refractivity contribution in [2.45, 2.75) is 26.9 Å². The monoisotopic (exact) mass is 223 g/mol. The molecule has 0 saturated heterocycles. The highest BCUT2D eigenvalue weighted by molar-refractivity contribution is 5.51. The van der Waals surface area contributed by atoms with Gasteiger partial charge < -0.3 is 15.2 Å². The van der Waals surface area contributed by atoms with Crippen LogP contribution in [0.5, 0.6) is 0 Å². The maximum absolute atomic E-state index is 9.60. The van der Waals surface area contributed by atoms with E-state index in [0.29, 0.717) is 19.8 Å². The second-order valence-corrected chi connectivity index (χ2v) is 4.01. The molecule has 3 nitrogen and oxygen atoms in total. The van der Waals surface area contributed by atoms with Crippen LogP contribution in [-0.2, 0) is 4.74 Å². The lowest BCUT2D eigenvalue weighted by Crippen LogP contribution is -2.25. The summed E-state index contributed by atoms with van der Waals surface area (Å²) in [6.07, 6.45) is -0.458. The van der Waals surface area contributed by atoms with Gasteiger partial charge >= 0.3 is 0 Å². The van der Waals surface area contributed by atoms with Crippen LogP contribution in [0.15, 0.2) is 18.2 Å². The number of nitrogens with one attached hydrogen (secondary N) is 1. The summed E-state index contributed by atoms with van der Waals surface area (Å²) in [5.41, 5.74) is 3.52. The van der Waals surface area contributed by atoms with Crippen molar-refractivity contribution in [1.82, 2.24) is 0 Å². The first-order valence-electron chi connectivity index (χ1n) is 5.70. The van der Waals surface area contributed by atoms with Crippen molar-refractivity contribution in [2.24, 2.45) is 0 Å². The summed E-state index contributed by atoms with van der Waals surface area (Å²) in [5.74, 6) is 0. The van der Waals surface area contributed by atoms with Crippen LogP contribution in [0.3, 0.4) is 0 Å². The van der Waals surface area contributed by atoms with Crippen molar-refractivity contribution >= 4 is 5.69 Å². The van der Waals surface area contributed by atoms with E-state index in [2.05, 4.69) is 31.3 Å². The van der Waals surface area contributed by atoms with E-state index in [-0.39, 0.29) is 0 Å². The van der Waals surface area contributed by atoms with Gasteiger partial charge in [0, 0.05) is 18.8 Å². The Bertz CT molecular complexity index is 326. The molecule has 0 fully saturated rings. The molecular formula is C13H21NO2. The minimum atomic E-state index is -0.458. The van der Waals surface area contributed by atoms with Crippen LogP contribution in [0, 0.1) is 13.8 Å². The Labute approximate surface area is 97.4 Å². The van der Waals surface area contributed by atoms with Crippen molar-refractivity contribution < 1.29 is 9.84 Å². The average Bonchev–Trinajstić information content (AvgIpc) is 2.25. The molecule has 0 aliphatic heterocycles. The molecule has 0 saturated carbocycles. The van der Waals surface area contributed by atoms with Gasteiger partial charge in [0.2, 0.25) is 0 Å². The molecular weight excluding hydrogens is 202 g/mol. The molecule has 0 radical (unpaired) electrons. The lowest BCUT2D eigenvalue weighted by molar-refractivity contribution is 0.0496. The second-order valence-electron chi connectivity index (χ2n) is 4.01. The van der Waals surface area contributed by atoms with Crippen molar-refractivity contribution in [1.29, 1.82) is 0 Å². The molecule has 1 aromatic carbocycles. The zero-order valence-electron chi connectivity index (χ0n) is 10.3. The Kier molecular flexibility index (Phi) is 5.29. The third-order valence-corrected chi connectivity index (χ3v) is 2.42. The summed E-state index contributed by atoms with van der Waals surface area (Å²) in [6, 6.07) is 6.22. The van der Waals surface area contributed by atoms with E-state index in [1.54, 1.807) is 0 Å². The molecule has 0 heterocycles. The molecule has 90 valence electrons. The number of aryl methyl sites for hydroxylation is 2. The first kappa shape index (κ1) is 13.0. The van der Waals surface area contributed by atoms with E-state index in [1.807, 2.05) is 13.0 Å². The molecule has 0 aliphatic rings. The number of hydrogen-bond donors (Lipinski definition) is 2. The van der Waals surface area contributed by atoms with E-state index in [0.717, 1.165) is 5.69 Å². The summed E-state index contributed by atoms with van der Waals surface area (Å²) in [5, 5.41) is 12.8. The fourth-order valence-electron chi connectivity index (χ4n) is 1.55. The van der Waals surface area contributed by atoms with E-state index < -0.39 is 6.10 Å². The zero-order valence-corrected chi connectivity index (χ0v) is 10.3. The maximum atomic E-state index is 9.60. The predicted octanol–water partition coefficient (Wildman–Crippen LogP) is 2.11. The Hall–Kier alpha value is -1.06. The molecule has 0 aliphatic carbocycles. The third kappa shape index (κ3) is 4.21. The van der Waals surface area contributed by atoms with Gasteiger partial charge in [-0.2, -0.15) is 0 Å². The topological polar surface area (TPSA) is 41.5 Å². The molecule has 1 unspecified atom stereocenters. The fourth-order valence-corrected chi connectivity index (χ4v) is 1.55. The van der Waals surface area contributed by atoms with Crippen LogP contribution >= 0.6 is 0 Å². The molecule has 1 aromatic rings. The van der Waals surface area contributed by atoms with Crippen LogP contribution in [0.1, 0.15) is 18.1 Å². The van der Waals surface area contributed by atoms with Crippen LogP contribution in [0.25, 0.3) is 0 Å². The predicted molar refractivity (Wildman–Crippen MR) is 66.9 cm³/mol. The number of aliphatic hydroxyl groups is 1. The molecule has 0 amide bonds. The molecule has 0 aromatic heterocycles. The third-order valence-electron chi connectivity index (χ3n) is 2.42. The minimum absolute atomic E-state index is 0.383.